The van der Waals surface area contributed by atoms with E-state index < -0.39 is 5.82 Å². The Hall–Kier alpha value is -6.32. The average molecular weight is 582 g/mol. The quantitative estimate of drug-likeness (QED) is 0.196. The molecule has 0 amide bonds. The minimum absolute atomic E-state index is 0.0917. The number of rotatable bonds is 6. The molecule has 6 heteroatoms. The molecule has 0 radical (unpaired) electrons. The molecule has 0 bridgehead atoms. The fourth-order valence-corrected chi connectivity index (χ4v) is 5.18. The molecule has 2 aromatic heterocycles. The van der Waals surface area contributed by atoms with E-state index in [9.17, 15) is 5.26 Å². The molecule has 5 aromatic carbocycles. The van der Waals surface area contributed by atoms with E-state index in [2.05, 4.69) is 6.07 Å². The van der Waals surface area contributed by atoms with Crippen molar-refractivity contribution in [2.45, 2.75) is 0 Å². The van der Waals surface area contributed by atoms with Gasteiger partial charge in [0.05, 0.1) is 45.5 Å². The van der Waals surface area contributed by atoms with Gasteiger partial charge in [0, 0.05) is 22.3 Å². The van der Waals surface area contributed by atoms with Gasteiger partial charge in [-0.25, -0.2) is 24.3 Å². The van der Waals surface area contributed by atoms with Crippen LogP contribution in [0.2, 0.25) is 0 Å². The smallest absolute Gasteiger partial charge is 0.163 e. The molecule has 0 unspecified atom stereocenters. The van der Waals surface area contributed by atoms with Crippen molar-refractivity contribution in [3.8, 4) is 73.9 Å². The molecule has 0 aliphatic carbocycles. The zero-order chi connectivity index (χ0) is 30.6. The van der Waals surface area contributed by atoms with Crippen LogP contribution in [-0.4, -0.2) is 19.9 Å². The van der Waals surface area contributed by atoms with E-state index in [-0.39, 0.29) is 28.3 Å². The van der Waals surface area contributed by atoms with Gasteiger partial charge in [-0.1, -0.05) is 121 Å². The number of aromatic nitrogens is 4. The highest BCUT2D eigenvalue weighted by Gasteiger charge is 2.21. The largest absolute Gasteiger partial charge is 0.228 e. The van der Waals surface area contributed by atoms with Crippen LogP contribution in [0.3, 0.4) is 0 Å². The van der Waals surface area contributed by atoms with Crippen LogP contribution in [0.15, 0.2) is 146 Å². The first-order valence-electron chi connectivity index (χ1n) is 14.4. The first-order chi connectivity index (χ1) is 22.2. The number of hydrogen-bond acceptors (Lipinski definition) is 5. The summed E-state index contributed by atoms with van der Waals surface area (Å²) in [6.07, 6.45) is 0. The van der Waals surface area contributed by atoms with Crippen molar-refractivity contribution in [3.05, 3.63) is 157 Å². The minimum atomic E-state index is -0.609. The summed E-state index contributed by atoms with van der Waals surface area (Å²) < 4.78 is 16.8. The number of nitriles is 1. The lowest BCUT2D eigenvalue weighted by atomic mass is 10.0. The van der Waals surface area contributed by atoms with Gasteiger partial charge in [0.2, 0.25) is 0 Å². The molecule has 0 fully saturated rings. The minimum Gasteiger partial charge on any atom is -0.228 e. The molecular weight excluding hydrogens is 557 g/mol. The van der Waals surface area contributed by atoms with Crippen molar-refractivity contribution >= 4 is 0 Å². The van der Waals surface area contributed by atoms with Crippen molar-refractivity contribution in [3.63, 3.8) is 0 Å². The summed E-state index contributed by atoms with van der Waals surface area (Å²) in [5.41, 5.74) is 6.42. The summed E-state index contributed by atoms with van der Waals surface area (Å²) in [6, 6.07) is 47.6. The van der Waals surface area contributed by atoms with Crippen LogP contribution in [0.25, 0.3) is 67.8 Å². The van der Waals surface area contributed by atoms with Crippen LogP contribution < -0.4 is 0 Å². The normalized spacial score (nSPS) is 10.8. The lowest BCUT2D eigenvalue weighted by Crippen LogP contribution is -2.02. The van der Waals surface area contributed by atoms with Gasteiger partial charge in [-0.3, -0.25) is 0 Å². The van der Waals surface area contributed by atoms with Crippen LogP contribution in [0, 0.1) is 17.1 Å². The second kappa shape index (κ2) is 12.1. The highest BCUT2D eigenvalue weighted by Crippen LogP contribution is 2.35. The standard InChI is InChI=1S/C39H24FN5/c40-37-31(38-42-33(27-13-5-1-6-14-27)23-34(43-38)28-15-7-2-8-16-28)21-26(25-41)22-32(37)39-44-35(29-17-9-3-10-18-29)24-36(45-39)30-19-11-4-12-20-30/h1-24H. The van der Waals surface area contributed by atoms with Crippen molar-refractivity contribution in [2.24, 2.45) is 0 Å². The van der Waals surface area contributed by atoms with Crippen LogP contribution in [0.1, 0.15) is 5.56 Å². The number of hydrogen-bond donors (Lipinski definition) is 0. The third kappa shape index (κ3) is 5.71. The first kappa shape index (κ1) is 27.5. The van der Waals surface area contributed by atoms with E-state index in [1.54, 1.807) is 0 Å². The van der Waals surface area contributed by atoms with E-state index in [4.69, 9.17) is 19.9 Å². The number of halogens is 1. The van der Waals surface area contributed by atoms with Crippen molar-refractivity contribution in [2.75, 3.05) is 0 Å². The summed E-state index contributed by atoms with van der Waals surface area (Å²) in [6.45, 7) is 0. The molecule has 0 N–H and O–H groups in total. The lowest BCUT2D eigenvalue weighted by Gasteiger charge is -2.13. The molecule has 2 heterocycles. The summed E-state index contributed by atoms with van der Waals surface area (Å²) in [4.78, 5) is 19.2. The Morgan fingerprint density at radius 3 is 0.978 bits per heavy atom. The van der Waals surface area contributed by atoms with Crippen LogP contribution in [-0.2, 0) is 0 Å². The predicted octanol–water partition coefficient (Wildman–Crippen LogP) is 9.28. The van der Waals surface area contributed by atoms with Gasteiger partial charge in [-0.15, -0.1) is 0 Å². The molecule has 7 rings (SSSR count). The Bertz CT molecular complexity index is 1900. The SMILES string of the molecule is N#Cc1cc(-c2nc(-c3ccccc3)cc(-c3ccccc3)n2)c(F)c(-c2nc(-c3ccccc3)cc(-c3ccccc3)n2)c1. The van der Waals surface area contributed by atoms with Gasteiger partial charge in [-0.2, -0.15) is 5.26 Å². The molecule has 0 saturated heterocycles. The Kier molecular flexibility index (Phi) is 7.41. The molecule has 7 aromatic rings. The Morgan fingerprint density at radius 2 is 0.711 bits per heavy atom. The van der Waals surface area contributed by atoms with E-state index >= 15 is 4.39 Å². The summed E-state index contributed by atoms with van der Waals surface area (Å²) in [7, 11) is 0. The maximum atomic E-state index is 16.8. The van der Waals surface area contributed by atoms with Gasteiger partial charge >= 0.3 is 0 Å². The molecule has 0 atom stereocenters. The summed E-state index contributed by atoms with van der Waals surface area (Å²) >= 11 is 0. The van der Waals surface area contributed by atoms with Crippen molar-refractivity contribution < 1.29 is 4.39 Å². The molecule has 212 valence electrons. The molecule has 45 heavy (non-hydrogen) atoms. The van der Waals surface area contributed by atoms with Crippen LogP contribution in [0.4, 0.5) is 4.39 Å². The monoisotopic (exact) mass is 581 g/mol. The topological polar surface area (TPSA) is 75.3 Å². The maximum absolute atomic E-state index is 16.8. The summed E-state index contributed by atoms with van der Waals surface area (Å²) in [5.74, 6) is -0.287. The Morgan fingerprint density at radius 1 is 0.422 bits per heavy atom. The third-order valence-electron chi connectivity index (χ3n) is 7.41. The van der Waals surface area contributed by atoms with E-state index in [0.717, 1.165) is 22.3 Å². The van der Waals surface area contributed by atoms with Gasteiger partial charge in [0.25, 0.3) is 0 Å². The average Bonchev–Trinajstić information content (AvgIpc) is 3.13. The molecule has 0 aliphatic heterocycles. The molecule has 0 spiro atoms. The Labute approximate surface area is 260 Å². The van der Waals surface area contributed by atoms with Crippen molar-refractivity contribution in [1.29, 1.82) is 5.26 Å². The fraction of sp³-hybridized carbons (Fsp3) is 0. The van der Waals surface area contributed by atoms with E-state index in [1.165, 1.54) is 12.1 Å². The van der Waals surface area contributed by atoms with Gasteiger partial charge in [-0.05, 0) is 24.3 Å². The maximum Gasteiger partial charge on any atom is 0.163 e. The Balaban J connectivity index is 1.46. The van der Waals surface area contributed by atoms with Gasteiger partial charge in [0.1, 0.15) is 5.82 Å². The molecular formula is C39H24FN5. The van der Waals surface area contributed by atoms with Crippen molar-refractivity contribution in [1.82, 2.24) is 19.9 Å². The second-order valence-electron chi connectivity index (χ2n) is 10.4. The summed E-state index contributed by atoms with van der Waals surface area (Å²) in [5, 5.41) is 10.0. The third-order valence-corrected chi connectivity index (χ3v) is 7.41. The van der Waals surface area contributed by atoms with Gasteiger partial charge in [0.15, 0.2) is 11.6 Å². The molecule has 0 aliphatic rings. The number of nitrogens with zero attached hydrogens (tertiary/aromatic N) is 5. The highest BCUT2D eigenvalue weighted by molar-refractivity contribution is 5.77. The van der Waals surface area contributed by atoms with Gasteiger partial charge < -0.3 is 0 Å². The predicted molar refractivity (Wildman–Crippen MR) is 175 cm³/mol. The molecule has 5 nitrogen and oxygen atoms in total. The van der Waals surface area contributed by atoms with Crippen LogP contribution >= 0.6 is 0 Å². The highest BCUT2D eigenvalue weighted by atomic mass is 19.1. The second-order valence-corrected chi connectivity index (χ2v) is 10.4. The lowest BCUT2D eigenvalue weighted by molar-refractivity contribution is 0.632. The molecule has 0 saturated carbocycles. The van der Waals surface area contributed by atoms with E-state index in [1.807, 2.05) is 133 Å². The fourth-order valence-electron chi connectivity index (χ4n) is 5.18. The zero-order valence-corrected chi connectivity index (χ0v) is 24.0. The number of benzene rings is 5. The van der Waals surface area contributed by atoms with Crippen LogP contribution in [0.5, 0.6) is 0 Å². The first-order valence-corrected chi connectivity index (χ1v) is 14.4. The zero-order valence-electron chi connectivity index (χ0n) is 24.0. The van der Waals surface area contributed by atoms with E-state index in [0.29, 0.717) is 22.8 Å².